The van der Waals surface area contributed by atoms with Gasteiger partial charge in [-0.15, -0.1) is 0 Å². The Labute approximate surface area is 129 Å². The lowest BCUT2D eigenvalue weighted by Gasteiger charge is -2.33. The Morgan fingerprint density at radius 2 is 2.33 bits per heavy atom. The Balaban J connectivity index is 2.27. The van der Waals surface area contributed by atoms with Crippen LogP contribution in [0.15, 0.2) is 12.3 Å². The van der Waals surface area contributed by atoms with Crippen molar-refractivity contribution >= 4 is 23.1 Å². The summed E-state index contributed by atoms with van der Waals surface area (Å²) in [4.78, 5) is 17.0. The Morgan fingerprint density at radius 3 is 2.90 bits per heavy atom. The summed E-state index contributed by atoms with van der Waals surface area (Å²) >= 11 is 5.84. The molecule has 0 radical (unpaired) electrons. The van der Waals surface area contributed by atoms with Gasteiger partial charge in [-0.05, 0) is 33.2 Å². The van der Waals surface area contributed by atoms with Crippen molar-refractivity contribution in [3.05, 3.63) is 27.4 Å². The average Bonchev–Trinajstić information content (AvgIpc) is 2.46. The first kappa shape index (κ1) is 16.0. The number of nitrogens with one attached hydrogen (secondary N) is 1. The van der Waals surface area contributed by atoms with E-state index < -0.39 is 4.92 Å². The molecule has 1 aliphatic heterocycles. The monoisotopic (exact) mass is 312 g/mol. The van der Waals surface area contributed by atoms with E-state index in [0.717, 1.165) is 13.0 Å². The molecule has 0 spiro atoms. The lowest BCUT2D eigenvalue weighted by Crippen LogP contribution is -2.46. The van der Waals surface area contributed by atoms with Crippen LogP contribution in [0.4, 0.5) is 11.5 Å². The second kappa shape index (κ2) is 7.04. The second-order valence-electron chi connectivity index (χ2n) is 5.65. The number of halogens is 1. The number of piperidine rings is 1. The van der Waals surface area contributed by atoms with Gasteiger partial charge in [0.15, 0.2) is 0 Å². The Morgan fingerprint density at radius 1 is 1.57 bits per heavy atom. The van der Waals surface area contributed by atoms with Gasteiger partial charge in [-0.25, -0.2) is 4.98 Å². The lowest BCUT2D eigenvalue weighted by molar-refractivity contribution is -0.384. The number of pyridine rings is 1. The fourth-order valence-corrected chi connectivity index (χ4v) is 2.79. The minimum Gasteiger partial charge on any atom is -0.347 e. The number of nitrogens with zero attached hydrogens (tertiary/aromatic N) is 3. The van der Waals surface area contributed by atoms with Crippen LogP contribution in [0.1, 0.15) is 33.1 Å². The third kappa shape index (κ3) is 4.04. The predicted molar refractivity (Wildman–Crippen MR) is 84.0 cm³/mol. The van der Waals surface area contributed by atoms with Crippen LogP contribution in [-0.2, 0) is 0 Å². The van der Waals surface area contributed by atoms with E-state index >= 15 is 0 Å². The highest BCUT2D eigenvalue weighted by Crippen LogP contribution is 2.30. The second-order valence-corrected chi connectivity index (χ2v) is 6.08. The summed E-state index contributed by atoms with van der Waals surface area (Å²) in [5, 5.41) is 15.0. The number of hydrogen-bond acceptors (Lipinski definition) is 5. The third-order valence-electron chi connectivity index (χ3n) is 3.74. The van der Waals surface area contributed by atoms with Crippen molar-refractivity contribution < 1.29 is 4.92 Å². The highest BCUT2D eigenvalue weighted by atomic mass is 35.5. The maximum Gasteiger partial charge on any atom is 0.313 e. The summed E-state index contributed by atoms with van der Waals surface area (Å²) in [6, 6.07) is 1.84. The minimum atomic E-state index is -0.419. The molecule has 0 bridgehead atoms. The highest BCUT2D eigenvalue weighted by molar-refractivity contribution is 6.30. The molecule has 1 unspecified atom stereocenters. The maximum absolute atomic E-state index is 11.3. The van der Waals surface area contributed by atoms with Crippen molar-refractivity contribution in [2.45, 2.75) is 45.2 Å². The van der Waals surface area contributed by atoms with Crippen LogP contribution in [0.2, 0.25) is 5.02 Å². The highest BCUT2D eigenvalue weighted by Gasteiger charge is 2.26. The van der Waals surface area contributed by atoms with Crippen molar-refractivity contribution in [1.82, 2.24) is 10.3 Å². The quantitative estimate of drug-likeness (QED) is 0.668. The van der Waals surface area contributed by atoms with E-state index in [1.807, 2.05) is 18.7 Å². The predicted octanol–water partition coefficient (Wildman–Crippen LogP) is 3.00. The minimum absolute atomic E-state index is 0.0352. The van der Waals surface area contributed by atoms with Crippen molar-refractivity contribution in [2.75, 3.05) is 18.0 Å². The molecule has 1 aromatic heterocycles. The fraction of sp³-hybridized carbons (Fsp3) is 0.643. The van der Waals surface area contributed by atoms with E-state index in [1.165, 1.54) is 25.1 Å². The van der Waals surface area contributed by atoms with Gasteiger partial charge < -0.3 is 10.2 Å². The van der Waals surface area contributed by atoms with Crippen molar-refractivity contribution in [3.8, 4) is 0 Å². The number of nitro groups is 1. The van der Waals surface area contributed by atoms with Crippen LogP contribution >= 0.6 is 11.6 Å². The van der Waals surface area contributed by atoms with Crippen molar-refractivity contribution in [1.29, 1.82) is 0 Å². The van der Waals surface area contributed by atoms with Gasteiger partial charge >= 0.3 is 5.69 Å². The first-order chi connectivity index (χ1) is 9.99. The molecular formula is C14H21ClN4O2. The largest absolute Gasteiger partial charge is 0.347 e. The molecule has 0 aromatic carbocycles. The Hall–Kier alpha value is -1.40. The number of rotatable bonds is 5. The van der Waals surface area contributed by atoms with Gasteiger partial charge in [0.25, 0.3) is 0 Å². The molecule has 1 saturated heterocycles. The smallest absolute Gasteiger partial charge is 0.313 e. The zero-order chi connectivity index (χ0) is 15.4. The van der Waals surface area contributed by atoms with Gasteiger partial charge in [0.1, 0.15) is 0 Å². The molecule has 1 aromatic rings. The van der Waals surface area contributed by atoms with E-state index in [0.29, 0.717) is 18.4 Å². The summed E-state index contributed by atoms with van der Waals surface area (Å²) in [5.74, 6) is 0.395. The summed E-state index contributed by atoms with van der Waals surface area (Å²) in [6.07, 6.45) is 4.94. The average molecular weight is 313 g/mol. The molecule has 0 aliphatic carbocycles. The number of aromatic nitrogens is 1. The third-order valence-corrected chi connectivity index (χ3v) is 3.94. The number of hydrogen-bond donors (Lipinski definition) is 1. The normalized spacial score (nSPS) is 18.8. The van der Waals surface area contributed by atoms with Crippen LogP contribution in [0.25, 0.3) is 0 Å². The molecule has 1 aliphatic rings. The molecule has 7 heteroatoms. The molecular weight excluding hydrogens is 292 g/mol. The van der Waals surface area contributed by atoms with Gasteiger partial charge in [-0.2, -0.15) is 0 Å². The topological polar surface area (TPSA) is 71.3 Å². The molecule has 1 atom stereocenters. The van der Waals surface area contributed by atoms with E-state index in [1.54, 1.807) is 0 Å². The van der Waals surface area contributed by atoms with Gasteiger partial charge in [0.05, 0.1) is 9.95 Å². The summed E-state index contributed by atoms with van der Waals surface area (Å²) in [6.45, 7) is 5.76. The van der Waals surface area contributed by atoms with Gasteiger partial charge in [0.2, 0.25) is 5.82 Å². The fourth-order valence-electron chi connectivity index (χ4n) is 2.64. The molecule has 1 N–H and O–H groups in total. The zero-order valence-corrected chi connectivity index (χ0v) is 13.1. The molecule has 6 nitrogen and oxygen atoms in total. The first-order valence-electron chi connectivity index (χ1n) is 7.29. The molecule has 116 valence electrons. The van der Waals surface area contributed by atoms with Crippen LogP contribution in [-0.4, -0.2) is 35.1 Å². The van der Waals surface area contributed by atoms with E-state index in [-0.39, 0.29) is 16.8 Å². The molecule has 2 heterocycles. The van der Waals surface area contributed by atoms with Gasteiger partial charge in [0, 0.05) is 30.9 Å². The Bertz CT molecular complexity index is 504. The standard InChI is InChI=1S/C14H21ClN4O2/c1-10(2)18(9-12-5-3-4-6-16-12)14-13(19(20)21)7-11(15)8-17-14/h7-8,10,12,16H,3-6,9H2,1-2H3. The van der Waals surface area contributed by atoms with Gasteiger partial charge in [-0.1, -0.05) is 18.0 Å². The zero-order valence-electron chi connectivity index (χ0n) is 12.4. The van der Waals surface area contributed by atoms with E-state index in [4.69, 9.17) is 11.6 Å². The summed E-state index contributed by atoms with van der Waals surface area (Å²) in [7, 11) is 0. The van der Waals surface area contributed by atoms with Crippen LogP contribution in [0, 0.1) is 10.1 Å². The molecule has 21 heavy (non-hydrogen) atoms. The van der Waals surface area contributed by atoms with Crippen LogP contribution in [0.5, 0.6) is 0 Å². The number of anilines is 1. The first-order valence-corrected chi connectivity index (χ1v) is 7.66. The molecule has 0 amide bonds. The van der Waals surface area contributed by atoms with Crippen LogP contribution < -0.4 is 10.2 Å². The lowest BCUT2D eigenvalue weighted by atomic mass is 10.0. The van der Waals surface area contributed by atoms with Gasteiger partial charge in [-0.3, -0.25) is 10.1 Å². The van der Waals surface area contributed by atoms with E-state index in [2.05, 4.69) is 10.3 Å². The molecule has 1 fully saturated rings. The summed E-state index contributed by atoms with van der Waals surface area (Å²) in [5.41, 5.74) is -0.0352. The van der Waals surface area contributed by atoms with Crippen molar-refractivity contribution in [3.63, 3.8) is 0 Å². The Kier molecular flexibility index (Phi) is 5.36. The SMILES string of the molecule is CC(C)N(CC1CCCCN1)c1ncc(Cl)cc1[N+](=O)[O-]. The van der Waals surface area contributed by atoms with Crippen LogP contribution in [0.3, 0.4) is 0 Å². The molecule has 0 saturated carbocycles. The molecule has 2 rings (SSSR count). The van der Waals surface area contributed by atoms with Crippen molar-refractivity contribution in [2.24, 2.45) is 0 Å². The van der Waals surface area contributed by atoms with E-state index in [9.17, 15) is 10.1 Å². The summed E-state index contributed by atoms with van der Waals surface area (Å²) < 4.78 is 0. The maximum atomic E-state index is 11.3.